The topological polar surface area (TPSA) is 68.0 Å². The zero-order chi connectivity index (χ0) is 14.8. The van der Waals surface area contributed by atoms with Crippen LogP contribution in [-0.4, -0.2) is 25.6 Å². The molecule has 0 bridgehead atoms. The third-order valence-corrected chi connectivity index (χ3v) is 3.53. The zero-order valence-corrected chi connectivity index (χ0v) is 11.7. The largest absolute Gasteiger partial charge is 0.478 e. The summed E-state index contributed by atoms with van der Waals surface area (Å²) >= 11 is 0. The predicted octanol–water partition coefficient (Wildman–Crippen LogP) is 2.68. The van der Waals surface area contributed by atoms with E-state index in [0.717, 1.165) is 29.8 Å². The highest BCUT2D eigenvalue weighted by atomic mass is 16.4. The average molecular weight is 281 g/mol. The molecule has 0 radical (unpaired) electrons. The highest BCUT2D eigenvalue weighted by Gasteiger charge is 2.10. The van der Waals surface area contributed by atoms with E-state index in [1.54, 1.807) is 18.3 Å². The molecule has 5 nitrogen and oxygen atoms in total. The standard InChI is InChI=1S/C16H15N3O2/c1-11-18-14-9-13(16(20)21)4-5-15(14)19(11)8-6-12-3-2-7-17-10-12/h2-5,7,9-10H,6,8H2,1H3,(H,20,21). The molecule has 3 aromatic rings. The molecular weight excluding hydrogens is 266 g/mol. The summed E-state index contributed by atoms with van der Waals surface area (Å²) in [5.74, 6) is -0.0455. The molecule has 1 aromatic carbocycles. The van der Waals surface area contributed by atoms with E-state index in [2.05, 4.69) is 14.5 Å². The van der Waals surface area contributed by atoms with Crippen LogP contribution in [0.25, 0.3) is 11.0 Å². The van der Waals surface area contributed by atoms with E-state index in [1.165, 1.54) is 5.56 Å². The monoisotopic (exact) mass is 281 g/mol. The van der Waals surface area contributed by atoms with Crippen molar-refractivity contribution >= 4 is 17.0 Å². The van der Waals surface area contributed by atoms with Gasteiger partial charge in [-0.15, -0.1) is 0 Å². The predicted molar refractivity (Wildman–Crippen MR) is 79.4 cm³/mol. The van der Waals surface area contributed by atoms with Gasteiger partial charge in [-0.2, -0.15) is 0 Å². The number of rotatable bonds is 4. The summed E-state index contributed by atoms with van der Waals surface area (Å²) in [7, 11) is 0. The number of aromatic nitrogens is 3. The maximum Gasteiger partial charge on any atom is 0.335 e. The van der Waals surface area contributed by atoms with Crippen LogP contribution in [0.4, 0.5) is 0 Å². The van der Waals surface area contributed by atoms with Gasteiger partial charge < -0.3 is 9.67 Å². The maximum atomic E-state index is 11.0. The molecule has 0 atom stereocenters. The number of carbonyl (C=O) groups is 1. The van der Waals surface area contributed by atoms with Crippen LogP contribution in [0.15, 0.2) is 42.7 Å². The minimum absolute atomic E-state index is 0.263. The summed E-state index contributed by atoms with van der Waals surface area (Å²) in [5.41, 5.74) is 3.11. The molecule has 0 fully saturated rings. The van der Waals surface area contributed by atoms with Crippen molar-refractivity contribution < 1.29 is 9.90 Å². The number of benzene rings is 1. The Morgan fingerprint density at radius 2 is 2.19 bits per heavy atom. The lowest BCUT2D eigenvalue weighted by molar-refractivity contribution is 0.0697. The number of carboxylic acid groups (broad SMARTS) is 1. The molecule has 2 heterocycles. The first-order valence-corrected chi connectivity index (χ1v) is 6.74. The van der Waals surface area contributed by atoms with E-state index in [4.69, 9.17) is 5.11 Å². The van der Waals surface area contributed by atoms with Crippen LogP contribution in [0, 0.1) is 6.92 Å². The van der Waals surface area contributed by atoms with E-state index < -0.39 is 5.97 Å². The molecule has 106 valence electrons. The van der Waals surface area contributed by atoms with Crippen LogP contribution in [0.3, 0.4) is 0 Å². The molecule has 3 rings (SSSR count). The molecule has 0 spiro atoms. The van der Waals surface area contributed by atoms with Crippen LogP contribution in [-0.2, 0) is 13.0 Å². The molecule has 5 heteroatoms. The average Bonchev–Trinajstić information content (AvgIpc) is 2.80. The van der Waals surface area contributed by atoms with Crippen molar-refractivity contribution in [3.05, 3.63) is 59.7 Å². The van der Waals surface area contributed by atoms with Crippen molar-refractivity contribution in [2.24, 2.45) is 0 Å². The van der Waals surface area contributed by atoms with Crippen LogP contribution in [0.5, 0.6) is 0 Å². The molecule has 2 aromatic heterocycles. The molecule has 0 amide bonds. The number of nitrogens with zero attached hydrogens (tertiary/aromatic N) is 3. The summed E-state index contributed by atoms with van der Waals surface area (Å²) in [6, 6.07) is 9.02. The quantitative estimate of drug-likeness (QED) is 0.798. The van der Waals surface area contributed by atoms with Crippen LogP contribution < -0.4 is 0 Å². The lowest BCUT2D eigenvalue weighted by Crippen LogP contribution is -2.03. The Kier molecular flexibility index (Phi) is 3.39. The lowest BCUT2D eigenvalue weighted by Gasteiger charge is -2.07. The number of pyridine rings is 1. The van der Waals surface area contributed by atoms with Crippen LogP contribution >= 0.6 is 0 Å². The van der Waals surface area contributed by atoms with Gasteiger partial charge in [0, 0.05) is 18.9 Å². The smallest absolute Gasteiger partial charge is 0.335 e. The summed E-state index contributed by atoms with van der Waals surface area (Å²) in [6.45, 7) is 2.73. The Labute approximate surface area is 121 Å². The van der Waals surface area contributed by atoms with Gasteiger partial charge in [-0.25, -0.2) is 9.78 Å². The van der Waals surface area contributed by atoms with E-state index in [-0.39, 0.29) is 5.56 Å². The first-order chi connectivity index (χ1) is 10.1. The number of imidazole rings is 1. The third-order valence-electron chi connectivity index (χ3n) is 3.53. The number of fused-ring (bicyclic) bond motifs is 1. The zero-order valence-electron chi connectivity index (χ0n) is 11.7. The number of aromatic carboxylic acids is 1. The highest BCUT2D eigenvalue weighted by molar-refractivity contribution is 5.92. The Balaban J connectivity index is 1.91. The van der Waals surface area contributed by atoms with Crippen molar-refractivity contribution in [2.45, 2.75) is 19.9 Å². The summed E-state index contributed by atoms with van der Waals surface area (Å²) in [4.78, 5) is 19.6. The second-order valence-electron chi connectivity index (χ2n) is 4.93. The first kappa shape index (κ1) is 13.3. The van der Waals surface area contributed by atoms with Crippen LogP contribution in [0.1, 0.15) is 21.7 Å². The molecule has 0 aliphatic rings. The molecule has 0 aliphatic carbocycles. The molecule has 21 heavy (non-hydrogen) atoms. The normalized spacial score (nSPS) is 10.9. The van der Waals surface area contributed by atoms with Gasteiger partial charge in [0.15, 0.2) is 0 Å². The van der Waals surface area contributed by atoms with Gasteiger partial charge in [0.25, 0.3) is 0 Å². The fourth-order valence-corrected chi connectivity index (χ4v) is 2.45. The number of hydrogen-bond donors (Lipinski definition) is 1. The molecular formula is C16H15N3O2. The van der Waals surface area contributed by atoms with Gasteiger partial charge in [0.2, 0.25) is 0 Å². The van der Waals surface area contributed by atoms with Gasteiger partial charge in [0.05, 0.1) is 16.6 Å². The Hall–Kier alpha value is -2.69. The number of hydrogen-bond acceptors (Lipinski definition) is 3. The van der Waals surface area contributed by atoms with E-state index in [9.17, 15) is 4.79 Å². The van der Waals surface area contributed by atoms with E-state index in [1.807, 2.05) is 31.3 Å². The van der Waals surface area contributed by atoms with Crippen molar-refractivity contribution in [3.8, 4) is 0 Å². The van der Waals surface area contributed by atoms with Crippen molar-refractivity contribution in [1.29, 1.82) is 0 Å². The van der Waals surface area contributed by atoms with Gasteiger partial charge in [-0.05, 0) is 43.2 Å². The van der Waals surface area contributed by atoms with Crippen molar-refractivity contribution in [1.82, 2.24) is 14.5 Å². The summed E-state index contributed by atoms with van der Waals surface area (Å²) < 4.78 is 2.11. The molecule has 0 saturated heterocycles. The first-order valence-electron chi connectivity index (χ1n) is 6.74. The van der Waals surface area contributed by atoms with Gasteiger partial charge in [0.1, 0.15) is 5.82 Å². The SMILES string of the molecule is Cc1nc2cc(C(=O)O)ccc2n1CCc1cccnc1. The Morgan fingerprint density at radius 1 is 1.33 bits per heavy atom. The molecule has 1 N–H and O–H groups in total. The minimum Gasteiger partial charge on any atom is -0.478 e. The number of aryl methyl sites for hydroxylation is 3. The fourth-order valence-electron chi connectivity index (χ4n) is 2.45. The summed E-state index contributed by atoms with van der Waals surface area (Å²) in [6.07, 6.45) is 4.48. The second-order valence-corrected chi connectivity index (χ2v) is 4.93. The lowest BCUT2D eigenvalue weighted by atomic mass is 10.2. The maximum absolute atomic E-state index is 11.0. The van der Waals surface area contributed by atoms with Crippen LogP contribution in [0.2, 0.25) is 0 Å². The highest BCUT2D eigenvalue weighted by Crippen LogP contribution is 2.18. The molecule has 0 aliphatic heterocycles. The second kappa shape index (κ2) is 5.36. The fraction of sp³-hybridized carbons (Fsp3) is 0.188. The van der Waals surface area contributed by atoms with Crippen molar-refractivity contribution in [2.75, 3.05) is 0 Å². The van der Waals surface area contributed by atoms with Gasteiger partial charge >= 0.3 is 5.97 Å². The van der Waals surface area contributed by atoms with E-state index >= 15 is 0 Å². The molecule has 0 saturated carbocycles. The number of carboxylic acids is 1. The molecule has 0 unspecified atom stereocenters. The van der Waals surface area contributed by atoms with Gasteiger partial charge in [-0.3, -0.25) is 4.98 Å². The van der Waals surface area contributed by atoms with E-state index in [0.29, 0.717) is 0 Å². The Bertz CT molecular complexity index is 794. The van der Waals surface area contributed by atoms with Gasteiger partial charge in [-0.1, -0.05) is 6.07 Å². The summed E-state index contributed by atoms with van der Waals surface area (Å²) in [5, 5.41) is 9.03. The Morgan fingerprint density at radius 3 is 2.90 bits per heavy atom. The third kappa shape index (κ3) is 2.63. The van der Waals surface area contributed by atoms with Crippen molar-refractivity contribution in [3.63, 3.8) is 0 Å². The minimum atomic E-state index is -0.931.